The van der Waals surface area contributed by atoms with Crippen LogP contribution in [0.4, 0.5) is 0 Å². The highest BCUT2D eigenvalue weighted by Gasteiger charge is 2.32. The Morgan fingerprint density at radius 1 is 0.865 bits per heavy atom. The molecular weight excluding hydrogens is 480 g/mol. The number of benzene rings is 3. The van der Waals surface area contributed by atoms with E-state index < -0.39 is 5.60 Å². The van der Waals surface area contributed by atoms with Gasteiger partial charge in [0.1, 0.15) is 18.0 Å². The third-order valence-electron chi connectivity index (χ3n) is 8.05. The molecule has 1 N–H and O–H groups in total. The van der Waals surface area contributed by atoms with Gasteiger partial charge in [0.2, 0.25) is 0 Å². The van der Waals surface area contributed by atoms with Gasteiger partial charge in [-0.3, -0.25) is 4.90 Å². The molecule has 0 radical (unpaired) electrons. The number of likely N-dealkylation sites (tertiary alicyclic amines) is 2. The van der Waals surface area contributed by atoms with Gasteiger partial charge in [0, 0.05) is 30.6 Å². The quantitative estimate of drug-likeness (QED) is 0.353. The highest BCUT2D eigenvalue weighted by Crippen LogP contribution is 2.35. The molecule has 37 heavy (non-hydrogen) atoms. The van der Waals surface area contributed by atoms with E-state index in [1.165, 1.54) is 57.4 Å². The van der Waals surface area contributed by atoms with Gasteiger partial charge in [0.15, 0.2) is 0 Å². The van der Waals surface area contributed by atoms with Crippen LogP contribution in [0.2, 0.25) is 5.02 Å². The number of aliphatic hydroxyl groups is 1. The Kier molecular flexibility index (Phi) is 8.51. The molecule has 0 amide bonds. The molecular formula is C32H39ClN2O2. The Morgan fingerprint density at radius 2 is 1.51 bits per heavy atom. The summed E-state index contributed by atoms with van der Waals surface area (Å²) >= 11 is 6.10. The Labute approximate surface area is 226 Å². The van der Waals surface area contributed by atoms with Crippen molar-refractivity contribution in [3.63, 3.8) is 0 Å². The fourth-order valence-electron chi connectivity index (χ4n) is 5.86. The van der Waals surface area contributed by atoms with E-state index in [-0.39, 0.29) is 0 Å². The van der Waals surface area contributed by atoms with Gasteiger partial charge >= 0.3 is 0 Å². The first-order chi connectivity index (χ1) is 18.0. The largest absolute Gasteiger partial charge is 0.492 e. The van der Waals surface area contributed by atoms with E-state index in [1.54, 1.807) is 0 Å². The second kappa shape index (κ2) is 12.0. The highest BCUT2D eigenvalue weighted by atomic mass is 35.5. The third-order valence-corrected chi connectivity index (χ3v) is 8.30. The number of rotatable bonds is 10. The molecule has 3 aromatic rings. The lowest BCUT2D eigenvalue weighted by Crippen LogP contribution is -2.41. The van der Waals surface area contributed by atoms with Gasteiger partial charge in [-0.1, -0.05) is 65.7 Å². The molecule has 0 aliphatic carbocycles. The summed E-state index contributed by atoms with van der Waals surface area (Å²) in [6.07, 6.45) is 5.75. The molecule has 4 nitrogen and oxygen atoms in total. The van der Waals surface area contributed by atoms with Crippen LogP contribution in [0.3, 0.4) is 0 Å². The SMILES string of the molecule is Cc1ccc(C(O)(Cc2ccc(Cl)cc2)c2ccc(OCCN3CCC[C@H]3CN3CCCC3)cc2)cc1. The van der Waals surface area contributed by atoms with E-state index in [9.17, 15) is 5.11 Å². The van der Waals surface area contributed by atoms with Crippen molar-refractivity contribution >= 4 is 11.6 Å². The monoisotopic (exact) mass is 518 g/mol. The van der Waals surface area contributed by atoms with Crippen molar-refractivity contribution in [1.82, 2.24) is 9.80 Å². The minimum Gasteiger partial charge on any atom is -0.492 e. The molecule has 3 aromatic carbocycles. The molecule has 5 rings (SSSR count). The predicted molar refractivity (Wildman–Crippen MR) is 152 cm³/mol. The lowest BCUT2D eigenvalue weighted by Gasteiger charge is -2.30. The van der Waals surface area contributed by atoms with Gasteiger partial charge in [0.05, 0.1) is 0 Å². The van der Waals surface area contributed by atoms with Crippen molar-refractivity contribution in [3.8, 4) is 5.75 Å². The zero-order valence-corrected chi connectivity index (χ0v) is 22.7. The van der Waals surface area contributed by atoms with Crippen LogP contribution in [-0.4, -0.2) is 60.3 Å². The first-order valence-corrected chi connectivity index (χ1v) is 14.1. The Morgan fingerprint density at radius 3 is 2.19 bits per heavy atom. The fraction of sp³-hybridized carbons (Fsp3) is 0.438. The lowest BCUT2D eigenvalue weighted by molar-refractivity contribution is 0.0810. The molecule has 0 bridgehead atoms. The molecule has 2 fully saturated rings. The fourth-order valence-corrected chi connectivity index (χ4v) is 5.99. The number of ether oxygens (including phenoxy) is 1. The number of hydrogen-bond acceptors (Lipinski definition) is 4. The second-order valence-electron chi connectivity index (χ2n) is 10.7. The summed E-state index contributed by atoms with van der Waals surface area (Å²) in [5.41, 5.74) is 2.77. The molecule has 1 unspecified atom stereocenters. The summed E-state index contributed by atoms with van der Waals surface area (Å²) < 4.78 is 6.16. The van der Waals surface area contributed by atoms with Crippen LogP contribution in [-0.2, 0) is 12.0 Å². The number of nitrogens with zero attached hydrogens (tertiary/aromatic N) is 2. The summed E-state index contributed by atoms with van der Waals surface area (Å²) in [5, 5.41) is 12.7. The van der Waals surface area contributed by atoms with E-state index in [0.717, 1.165) is 29.0 Å². The Bertz CT molecular complexity index is 1130. The van der Waals surface area contributed by atoms with E-state index in [4.69, 9.17) is 16.3 Å². The molecule has 0 aromatic heterocycles. The van der Waals surface area contributed by atoms with Gasteiger partial charge < -0.3 is 14.7 Å². The number of aryl methyl sites for hydroxylation is 1. The van der Waals surface area contributed by atoms with Gasteiger partial charge in [-0.2, -0.15) is 0 Å². The topological polar surface area (TPSA) is 35.9 Å². The third kappa shape index (κ3) is 6.56. The van der Waals surface area contributed by atoms with E-state index in [2.05, 4.69) is 28.9 Å². The first-order valence-electron chi connectivity index (χ1n) is 13.7. The van der Waals surface area contributed by atoms with Crippen molar-refractivity contribution < 1.29 is 9.84 Å². The molecule has 2 heterocycles. The maximum Gasteiger partial charge on any atom is 0.119 e. The molecule has 0 spiro atoms. The van der Waals surface area contributed by atoms with Crippen LogP contribution in [0.15, 0.2) is 72.8 Å². The van der Waals surface area contributed by atoms with Gasteiger partial charge in [-0.25, -0.2) is 0 Å². The van der Waals surface area contributed by atoms with Gasteiger partial charge in [0.25, 0.3) is 0 Å². The van der Waals surface area contributed by atoms with Crippen molar-refractivity contribution in [2.75, 3.05) is 39.3 Å². The van der Waals surface area contributed by atoms with Crippen LogP contribution in [0, 0.1) is 6.92 Å². The van der Waals surface area contributed by atoms with Gasteiger partial charge in [-0.05, 0) is 93.2 Å². The number of hydrogen-bond donors (Lipinski definition) is 1. The predicted octanol–water partition coefficient (Wildman–Crippen LogP) is 6.07. The zero-order chi connectivity index (χ0) is 25.7. The second-order valence-corrected chi connectivity index (χ2v) is 11.2. The van der Waals surface area contributed by atoms with Crippen LogP contribution in [0.5, 0.6) is 5.75 Å². The highest BCUT2D eigenvalue weighted by molar-refractivity contribution is 6.30. The standard InChI is InChI=1S/C32H39ClN2O2/c1-25-6-10-27(11-7-25)32(36,23-26-8-14-29(33)15-9-26)28-12-16-31(17-13-28)37-22-21-35-20-4-5-30(35)24-34-18-2-3-19-34/h6-17,30,36H,2-5,18-24H2,1H3/t30-,32?/m0/s1. The van der Waals surface area contributed by atoms with Crippen LogP contribution < -0.4 is 4.74 Å². The normalized spacial score (nSPS) is 20.2. The lowest BCUT2D eigenvalue weighted by atomic mass is 9.81. The average Bonchev–Trinajstić information content (AvgIpc) is 3.59. The molecule has 0 saturated carbocycles. The zero-order valence-electron chi connectivity index (χ0n) is 21.9. The Balaban J connectivity index is 1.24. The molecule has 2 aliphatic rings. The van der Waals surface area contributed by atoms with Gasteiger partial charge in [-0.15, -0.1) is 0 Å². The van der Waals surface area contributed by atoms with Crippen molar-refractivity contribution in [1.29, 1.82) is 0 Å². The molecule has 2 aliphatic heterocycles. The van der Waals surface area contributed by atoms with Crippen LogP contribution in [0.25, 0.3) is 0 Å². The Hall–Kier alpha value is -2.37. The molecule has 2 atom stereocenters. The molecule has 2 saturated heterocycles. The average molecular weight is 519 g/mol. The maximum atomic E-state index is 12.0. The smallest absolute Gasteiger partial charge is 0.119 e. The van der Waals surface area contributed by atoms with E-state index in [1.807, 2.05) is 60.7 Å². The summed E-state index contributed by atoms with van der Waals surface area (Å²) in [7, 11) is 0. The van der Waals surface area contributed by atoms with Crippen molar-refractivity contribution in [2.24, 2.45) is 0 Å². The summed E-state index contributed by atoms with van der Waals surface area (Å²) in [5.74, 6) is 0.844. The van der Waals surface area contributed by atoms with Crippen molar-refractivity contribution in [3.05, 3.63) is 100 Å². The van der Waals surface area contributed by atoms with E-state index >= 15 is 0 Å². The summed E-state index contributed by atoms with van der Waals surface area (Å²) in [6.45, 7) is 8.62. The van der Waals surface area contributed by atoms with Crippen LogP contribution in [0.1, 0.15) is 47.9 Å². The van der Waals surface area contributed by atoms with E-state index in [0.29, 0.717) is 24.1 Å². The molecule has 5 heteroatoms. The first kappa shape index (κ1) is 26.2. The number of halogens is 1. The minimum absolute atomic E-state index is 0.459. The molecule has 196 valence electrons. The summed E-state index contributed by atoms with van der Waals surface area (Å²) in [4.78, 5) is 5.23. The van der Waals surface area contributed by atoms with Crippen molar-refractivity contribution in [2.45, 2.75) is 50.7 Å². The summed E-state index contributed by atoms with van der Waals surface area (Å²) in [6, 6.07) is 24.5. The maximum absolute atomic E-state index is 12.0. The minimum atomic E-state index is -1.15. The van der Waals surface area contributed by atoms with Crippen LogP contribution >= 0.6 is 11.6 Å².